The molecular formula is C74H87N9O19S. The van der Waals surface area contributed by atoms with Crippen molar-refractivity contribution in [3.05, 3.63) is 265 Å². The fourth-order valence-electron chi connectivity index (χ4n) is 8.46. The first-order valence-corrected chi connectivity index (χ1v) is 32.7. The molecule has 8 rings (SSSR count). The molecule has 29 heteroatoms. The molecule has 0 unspecified atom stereocenters. The number of phenols is 1. The molecule has 8 aromatic rings. The van der Waals surface area contributed by atoms with Gasteiger partial charge in [0.25, 0.3) is 5.69 Å². The van der Waals surface area contributed by atoms with Crippen LogP contribution in [0.15, 0.2) is 204 Å². The first-order valence-electron chi connectivity index (χ1n) is 31.6. The highest BCUT2D eigenvalue weighted by molar-refractivity contribution is 7.98. The number of para-hydroxylation sites is 1. The molecule has 0 radical (unpaired) electrons. The molecule has 0 aromatic heterocycles. The third-order valence-corrected chi connectivity index (χ3v) is 15.6. The quantitative estimate of drug-likeness (QED) is 0.0114. The van der Waals surface area contributed by atoms with Crippen molar-refractivity contribution in [2.45, 2.75) is 108 Å². The molecule has 0 amide bonds. The van der Waals surface area contributed by atoms with Crippen LogP contribution in [0, 0.1) is 30.9 Å². The van der Waals surface area contributed by atoms with Gasteiger partial charge < -0.3 is 84.7 Å². The Hall–Kier alpha value is -11.3. The van der Waals surface area contributed by atoms with Gasteiger partial charge in [-0.05, 0) is 151 Å². The first kappa shape index (κ1) is 85.9. The summed E-state index contributed by atoms with van der Waals surface area (Å²) in [5.41, 5.74) is 43.7. The molecule has 6 atom stereocenters. The van der Waals surface area contributed by atoms with Gasteiger partial charge >= 0.3 is 41.8 Å². The lowest BCUT2D eigenvalue weighted by molar-refractivity contribution is -0.385. The largest absolute Gasteiger partial charge is 0.508 e. The number of aryl methyl sites for hydroxylation is 3. The Labute approximate surface area is 598 Å². The van der Waals surface area contributed by atoms with Crippen LogP contribution in [0.25, 0.3) is 0 Å². The first-order chi connectivity index (χ1) is 48.8. The van der Waals surface area contributed by atoms with Crippen LogP contribution in [-0.4, -0.2) is 136 Å². The molecule has 0 saturated heterocycles. The monoisotopic (exact) mass is 1440 g/mol. The number of phenolic OH excluding ortho intramolecular Hbond substituents is 1. The van der Waals surface area contributed by atoms with Crippen molar-refractivity contribution >= 4 is 70.6 Å². The third kappa shape index (κ3) is 35.1. The Bertz CT molecular complexity index is 3960. The summed E-state index contributed by atoms with van der Waals surface area (Å²) in [7, 11) is 0. The predicted molar refractivity (Wildman–Crippen MR) is 388 cm³/mol. The van der Waals surface area contributed by atoms with Gasteiger partial charge in [0.1, 0.15) is 54.4 Å². The van der Waals surface area contributed by atoms with Crippen molar-refractivity contribution in [3.8, 4) is 11.5 Å². The van der Waals surface area contributed by atoms with Crippen molar-refractivity contribution in [1.82, 2.24) is 0 Å². The van der Waals surface area contributed by atoms with Crippen LogP contribution < -0.4 is 39.1 Å². The summed E-state index contributed by atoms with van der Waals surface area (Å²) in [6, 6.07) is 52.0. The average molecular weight is 1440 g/mol. The number of ether oxygens (including phenoxy) is 2. The fraction of sp³-hybridized carbons (Fsp3) is 0.257. The van der Waals surface area contributed by atoms with Gasteiger partial charge in [-0.3, -0.25) is 43.7 Å². The molecule has 548 valence electrons. The van der Waals surface area contributed by atoms with E-state index in [2.05, 4.69) is 16.3 Å². The maximum absolute atomic E-state index is 10.9. The molecule has 103 heavy (non-hydrogen) atoms. The summed E-state index contributed by atoms with van der Waals surface area (Å²) in [6.45, 7) is 6.29. The van der Waals surface area contributed by atoms with E-state index in [-0.39, 0.29) is 50.3 Å². The normalized spacial score (nSPS) is 12.2. The topological polar surface area (TPSA) is 524 Å². The van der Waals surface area contributed by atoms with E-state index in [0.717, 1.165) is 50.4 Å². The van der Waals surface area contributed by atoms with Gasteiger partial charge in [0.2, 0.25) is 0 Å². The van der Waals surface area contributed by atoms with E-state index in [1.807, 2.05) is 98.8 Å². The summed E-state index contributed by atoms with van der Waals surface area (Å²) < 4.78 is 10.8. The van der Waals surface area contributed by atoms with Crippen molar-refractivity contribution in [2.24, 2.45) is 44.6 Å². The van der Waals surface area contributed by atoms with Gasteiger partial charge in [0, 0.05) is 17.6 Å². The molecular weight excluding hydrogens is 1350 g/mol. The summed E-state index contributed by atoms with van der Waals surface area (Å²) in [6.07, 6.45) is 0.996. The van der Waals surface area contributed by atoms with Crippen molar-refractivity contribution in [3.63, 3.8) is 0 Å². The molecule has 0 bridgehead atoms. The number of nitrogens with two attached hydrogens (primary N) is 6. The molecule has 8 aromatic carbocycles. The van der Waals surface area contributed by atoms with Crippen LogP contribution in [-0.2, 0) is 89.4 Å². The maximum Gasteiger partial charge on any atom is 0.322 e. The van der Waals surface area contributed by atoms with Gasteiger partial charge in [-0.25, -0.2) is 0 Å². The minimum absolute atomic E-state index is 0.0107. The zero-order chi connectivity index (χ0) is 76.6. The number of rotatable bonds is 30. The summed E-state index contributed by atoms with van der Waals surface area (Å²) in [5, 5.41) is 88.8. The molecule has 0 fully saturated rings. The predicted octanol–water partition coefficient (Wildman–Crippen LogP) is 8.67. The van der Waals surface area contributed by atoms with E-state index >= 15 is 0 Å². The van der Waals surface area contributed by atoms with Crippen LogP contribution in [0.4, 0.5) is 17.1 Å². The number of hydrogen-bond donors (Lipinski definition) is 14. The number of thioether (sulfide) groups is 1. The number of carboxylic acids is 7. The minimum atomic E-state index is -1.05. The van der Waals surface area contributed by atoms with Crippen LogP contribution in [0.5, 0.6) is 11.5 Å². The molecule has 0 saturated carbocycles. The smallest absolute Gasteiger partial charge is 0.322 e. The lowest BCUT2D eigenvalue weighted by atomic mass is 10.0. The Morgan fingerprint density at radius 2 is 0.825 bits per heavy atom. The van der Waals surface area contributed by atoms with E-state index in [1.54, 1.807) is 116 Å². The lowest BCUT2D eigenvalue weighted by Crippen LogP contribution is -2.34. The number of nitro groups is 1. The van der Waals surface area contributed by atoms with Gasteiger partial charge in [0.05, 0.1) is 41.5 Å². The molecule has 0 aliphatic heterocycles. The summed E-state index contributed by atoms with van der Waals surface area (Å²) in [5.74, 6) is -4.99. The Morgan fingerprint density at radius 1 is 0.437 bits per heavy atom. The Kier molecular flexibility index (Phi) is 38.6. The van der Waals surface area contributed by atoms with Crippen LogP contribution in [0.1, 0.15) is 61.2 Å². The number of nitro benzene ring substituents is 1. The van der Waals surface area contributed by atoms with E-state index in [1.165, 1.54) is 17.2 Å². The molecule has 28 nitrogen and oxygen atoms in total. The number of aliphatic carboxylic acids is 7. The molecule has 0 heterocycles. The number of nitrogens with zero attached hydrogens (tertiary/aromatic N) is 3. The Balaban J connectivity index is 0.000000324. The summed E-state index contributed by atoms with van der Waals surface area (Å²) >= 11 is 1.55. The van der Waals surface area contributed by atoms with Crippen LogP contribution in [0.2, 0.25) is 0 Å². The number of hydrogen-bond acceptors (Lipinski definition) is 21. The Morgan fingerprint density at radius 3 is 1.27 bits per heavy atom. The van der Waals surface area contributed by atoms with Crippen molar-refractivity contribution < 1.29 is 88.8 Å². The average Bonchev–Trinajstić information content (AvgIpc) is 0.882. The fourth-order valence-corrected chi connectivity index (χ4v) is 9.52. The van der Waals surface area contributed by atoms with Crippen molar-refractivity contribution in [2.75, 3.05) is 12.4 Å². The second-order valence-corrected chi connectivity index (χ2v) is 23.9. The van der Waals surface area contributed by atoms with E-state index in [9.17, 15) is 48.8 Å². The SMILES string of the molecule is Cc1cc(C[C@H](N)C(=O)O)ccc1O.Cc1ccccc1COC[C@H](N)C(=O)O.Cc1ccccc1CSC[C@H](N)C(=O)O.N[C@@H](Cc1ccc(CC(=O)O)cc1)C(=O)O.N[C@@H](Cc1ccc(N=Nc2ccccc2)cc1)C(=O)O.N[C@@H](Cc1ccc(OCc2ccccc2[N+](=O)[O-])cc1)C(=O)O. The third-order valence-electron chi connectivity index (χ3n) is 14.5. The second kappa shape index (κ2) is 46.2. The van der Waals surface area contributed by atoms with Gasteiger partial charge in [-0.15, -0.1) is 0 Å². The highest BCUT2D eigenvalue weighted by atomic mass is 32.2. The highest BCUT2D eigenvalue weighted by Crippen LogP contribution is 2.23. The van der Waals surface area contributed by atoms with E-state index in [0.29, 0.717) is 41.3 Å². The number of carboxylic acid groups (broad SMARTS) is 7. The molecule has 0 spiro atoms. The molecule has 0 aliphatic carbocycles. The molecule has 0 aliphatic rings. The summed E-state index contributed by atoms with van der Waals surface area (Å²) in [4.78, 5) is 84.2. The van der Waals surface area contributed by atoms with Crippen molar-refractivity contribution in [1.29, 1.82) is 0 Å². The zero-order valence-corrected chi connectivity index (χ0v) is 57.6. The van der Waals surface area contributed by atoms with Crippen LogP contribution >= 0.6 is 11.8 Å². The number of benzene rings is 8. The van der Waals surface area contributed by atoms with E-state index < -0.39 is 83.0 Å². The van der Waals surface area contributed by atoms with Gasteiger partial charge in [-0.1, -0.05) is 140 Å². The number of azo groups is 1. The highest BCUT2D eigenvalue weighted by Gasteiger charge is 2.18. The number of aromatic hydroxyl groups is 1. The zero-order valence-electron chi connectivity index (χ0n) is 56.8. The standard InChI is InChI=1S/C16H16N2O5.C15H15N3O2.C11H13NO4.C11H15NO3.C11H15NO2S.C10H13NO3/c17-14(16(19)20)9-11-5-7-13(8-6-11)23-10-12-3-1-2-4-15(12)18(21)22;16-14(15(19)20)10-11-6-8-13(9-7-11)18-17-12-4-2-1-3-5-12;12-9(11(15)16)5-7-1-3-8(4-2-7)6-10(13)14;2*1-8-4-2-3-5-9(8)6-15-7-10(12)11(13)14;1-6-4-7(2-3-9(6)12)5-8(11)10(13)14/h1-8,14H,9-10,17H2,(H,19,20);1-9,14H,10,16H2,(H,19,20);1-4,9H,5-6,12H2,(H,13,14)(H,15,16);2*2-5,10H,6-7,12H2,1H3,(H,13,14);2-4,8,12H,5,11H2,1H3,(H,13,14)/t2*14-;9-;2*10-;8-/m000000/s1. The second-order valence-electron chi connectivity index (χ2n) is 22.9. The maximum atomic E-state index is 10.9. The number of carbonyl (C=O) groups is 7. The molecule has 20 N–H and O–H groups in total. The van der Waals surface area contributed by atoms with E-state index in [4.69, 9.17) is 79.6 Å². The lowest BCUT2D eigenvalue weighted by Gasteiger charge is -2.09. The minimum Gasteiger partial charge on any atom is -0.508 e. The van der Waals surface area contributed by atoms with Crippen LogP contribution in [0.3, 0.4) is 0 Å². The van der Waals surface area contributed by atoms with Gasteiger partial charge in [-0.2, -0.15) is 22.0 Å². The van der Waals surface area contributed by atoms with Gasteiger partial charge in [0.15, 0.2) is 0 Å².